The number of hydrogen-bond acceptors (Lipinski definition) is 3. The first-order valence-corrected chi connectivity index (χ1v) is 8.00. The molecule has 0 radical (unpaired) electrons. The molecule has 7 heteroatoms. The van der Waals surface area contributed by atoms with Crippen LogP contribution in [-0.4, -0.2) is 47.3 Å². The molecule has 1 saturated heterocycles. The number of nitrogens with one attached hydrogen (secondary N) is 2. The summed E-state index contributed by atoms with van der Waals surface area (Å²) in [5.41, 5.74) is 3.98. The first-order valence-electron chi connectivity index (χ1n) is 7.62. The summed E-state index contributed by atoms with van der Waals surface area (Å²) in [5.74, 6) is 0. The smallest absolute Gasteiger partial charge is 0.321 e. The van der Waals surface area contributed by atoms with Gasteiger partial charge in [-0.15, -0.1) is 0 Å². The molecule has 2 heterocycles. The van der Waals surface area contributed by atoms with Crippen molar-refractivity contribution in [1.29, 1.82) is 0 Å². The number of urea groups is 1. The Labute approximate surface area is 140 Å². The van der Waals surface area contributed by atoms with E-state index in [0.717, 1.165) is 35.9 Å². The predicted octanol–water partition coefficient (Wildman–Crippen LogP) is 3.03. The zero-order valence-electron chi connectivity index (χ0n) is 13.3. The molecule has 2 aromatic rings. The minimum absolute atomic E-state index is 0.0763. The second-order valence-electron chi connectivity index (χ2n) is 5.69. The van der Waals surface area contributed by atoms with E-state index in [1.807, 2.05) is 18.7 Å². The summed E-state index contributed by atoms with van der Waals surface area (Å²) >= 11 is 5.85. The molecule has 0 bridgehead atoms. The molecule has 0 atom stereocenters. The molecule has 1 aliphatic rings. The van der Waals surface area contributed by atoms with Gasteiger partial charge < -0.3 is 15.1 Å². The highest BCUT2D eigenvalue weighted by atomic mass is 35.5. The highest BCUT2D eigenvalue weighted by Crippen LogP contribution is 2.23. The molecule has 0 unspecified atom stereocenters. The van der Waals surface area contributed by atoms with Crippen LogP contribution in [0, 0.1) is 13.8 Å². The number of hydrogen-bond donors (Lipinski definition) is 2. The number of benzene rings is 1. The number of anilines is 2. The molecule has 0 spiro atoms. The van der Waals surface area contributed by atoms with Crippen LogP contribution in [0.1, 0.15) is 11.4 Å². The van der Waals surface area contributed by atoms with Gasteiger partial charge in [-0.3, -0.25) is 5.10 Å². The summed E-state index contributed by atoms with van der Waals surface area (Å²) in [4.78, 5) is 16.4. The van der Waals surface area contributed by atoms with Gasteiger partial charge in [0, 0.05) is 36.9 Å². The average molecular weight is 334 g/mol. The van der Waals surface area contributed by atoms with Crippen molar-refractivity contribution in [2.75, 3.05) is 36.4 Å². The lowest BCUT2D eigenvalue weighted by Gasteiger charge is -2.36. The van der Waals surface area contributed by atoms with Gasteiger partial charge in [-0.2, -0.15) is 5.10 Å². The maximum atomic E-state index is 12.3. The number of amides is 2. The van der Waals surface area contributed by atoms with Crippen LogP contribution in [0.3, 0.4) is 0 Å². The molecular weight excluding hydrogens is 314 g/mol. The lowest BCUT2D eigenvalue weighted by Crippen LogP contribution is -2.50. The molecule has 2 amide bonds. The number of rotatable bonds is 2. The van der Waals surface area contributed by atoms with E-state index in [-0.39, 0.29) is 6.03 Å². The topological polar surface area (TPSA) is 64.3 Å². The second kappa shape index (κ2) is 6.50. The molecule has 122 valence electrons. The fourth-order valence-electron chi connectivity index (χ4n) is 2.88. The number of aromatic amines is 1. The Hall–Kier alpha value is -2.21. The Kier molecular flexibility index (Phi) is 4.43. The number of piperazine rings is 1. The largest absolute Gasteiger partial charge is 0.365 e. The standard InChI is InChI=1S/C16H20ClN5O/c1-11-15(12(2)20-19-11)21-7-9-22(10-8-21)16(23)18-14-5-3-13(17)4-6-14/h3-6H,7-10H2,1-2H3,(H,18,23)(H,19,20). The van der Waals surface area contributed by atoms with E-state index in [9.17, 15) is 4.79 Å². The van der Waals surface area contributed by atoms with Crippen LogP contribution < -0.4 is 10.2 Å². The molecule has 1 aromatic carbocycles. The summed E-state index contributed by atoms with van der Waals surface area (Å²) in [5, 5.41) is 10.8. The third-order valence-electron chi connectivity index (χ3n) is 4.07. The van der Waals surface area contributed by atoms with Crippen molar-refractivity contribution >= 4 is 29.0 Å². The molecule has 0 aliphatic carbocycles. The Morgan fingerprint density at radius 3 is 2.39 bits per heavy atom. The van der Waals surface area contributed by atoms with Gasteiger partial charge in [-0.05, 0) is 38.1 Å². The van der Waals surface area contributed by atoms with Crippen molar-refractivity contribution < 1.29 is 4.79 Å². The van der Waals surface area contributed by atoms with E-state index < -0.39 is 0 Å². The summed E-state index contributed by atoms with van der Waals surface area (Å²) in [6, 6.07) is 7.05. The number of carbonyl (C=O) groups is 1. The van der Waals surface area contributed by atoms with Crippen LogP contribution in [0.15, 0.2) is 24.3 Å². The van der Waals surface area contributed by atoms with Gasteiger partial charge in [0.1, 0.15) is 0 Å². The van der Waals surface area contributed by atoms with Gasteiger partial charge in [0.25, 0.3) is 0 Å². The fraction of sp³-hybridized carbons (Fsp3) is 0.375. The summed E-state index contributed by atoms with van der Waals surface area (Å²) < 4.78 is 0. The highest BCUT2D eigenvalue weighted by Gasteiger charge is 2.24. The van der Waals surface area contributed by atoms with Crippen molar-refractivity contribution in [1.82, 2.24) is 15.1 Å². The highest BCUT2D eigenvalue weighted by molar-refractivity contribution is 6.30. The van der Waals surface area contributed by atoms with Crippen LogP contribution >= 0.6 is 11.6 Å². The van der Waals surface area contributed by atoms with Crippen molar-refractivity contribution in [3.63, 3.8) is 0 Å². The van der Waals surface area contributed by atoms with Gasteiger partial charge in [0.2, 0.25) is 0 Å². The molecule has 1 aromatic heterocycles. The lowest BCUT2D eigenvalue weighted by molar-refractivity contribution is 0.208. The molecule has 0 saturated carbocycles. The average Bonchev–Trinajstić information content (AvgIpc) is 2.88. The van der Waals surface area contributed by atoms with Crippen LogP contribution in [0.2, 0.25) is 5.02 Å². The van der Waals surface area contributed by atoms with Crippen molar-refractivity contribution in [2.24, 2.45) is 0 Å². The maximum Gasteiger partial charge on any atom is 0.321 e. The van der Waals surface area contributed by atoms with Gasteiger partial charge in [0.15, 0.2) is 0 Å². The van der Waals surface area contributed by atoms with Crippen molar-refractivity contribution in [2.45, 2.75) is 13.8 Å². The number of H-pyrrole nitrogens is 1. The number of nitrogens with zero attached hydrogens (tertiary/aromatic N) is 3. The molecule has 3 rings (SSSR count). The third-order valence-corrected chi connectivity index (χ3v) is 4.32. The minimum atomic E-state index is -0.0763. The van der Waals surface area contributed by atoms with E-state index in [1.54, 1.807) is 24.3 Å². The quantitative estimate of drug-likeness (QED) is 0.888. The molecular formula is C16H20ClN5O. The van der Waals surface area contributed by atoms with E-state index in [2.05, 4.69) is 20.4 Å². The van der Waals surface area contributed by atoms with E-state index in [4.69, 9.17) is 11.6 Å². The van der Waals surface area contributed by atoms with E-state index in [0.29, 0.717) is 18.1 Å². The van der Waals surface area contributed by atoms with Crippen LogP contribution in [-0.2, 0) is 0 Å². The predicted molar refractivity (Wildman–Crippen MR) is 92.3 cm³/mol. The lowest BCUT2D eigenvalue weighted by atomic mass is 10.2. The van der Waals surface area contributed by atoms with E-state index in [1.165, 1.54) is 0 Å². The SMILES string of the molecule is Cc1n[nH]c(C)c1N1CCN(C(=O)Nc2ccc(Cl)cc2)CC1. The maximum absolute atomic E-state index is 12.3. The summed E-state index contributed by atoms with van der Waals surface area (Å²) in [6.07, 6.45) is 0. The Morgan fingerprint density at radius 1 is 1.17 bits per heavy atom. The van der Waals surface area contributed by atoms with Crippen LogP contribution in [0.5, 0.6) is 0 Å². The summed E-state index contributed by atoms with van der Waals surface area (Å²) in [7, 11) is 0. The Bertz CT molecular complexity index is 669. The number of aryl methyl sites for hydroxylation is 2. The first-order chi connectivity index (χ1) is 11.0. The fourth-order valence-corrected chi connectivity index (χ4v) is 3.01. The third kappa shape index (κ3) is 3.42. The second-order valence-corrected chi connectivity index (χ2v) is 6.13. The normalized spacial score (nSPS) is 14.9. The molecule has 23 heavy (non-hydrogen) atoms. The monoisotopic (exact) mass is 333 g/mol. The van der Waals surface area contributed by atoms with Crippen LogP contribution in [0.25, 0.3) is 0 Å². The zero-order chi connectivity index (χ0) is 16.4. The van der Waals surface area contributed by atoms with Gasteiger partial charge >= 0.3 is 6.03 Å². The molecule has 2 N–H and O–H groups in total. The van der Waals surface area contributed by atoms with Crippen molar-refractivity contribution in [3.8, 4) is 0 Å². The molecule has 1 aliphatic heterocycles. The minimum Gasteiger partial charge on any atom is -0.365 e. The number of carbonyl (C=O) groups excluding carboxylic acids is 1. The first kappa shape index (κ1) is 15.7. The van der Waals surface area contributed by atoms with E-state index >= 15 is 0 Å². The van der Waals surface area contributed by atoms with Crippen molar-refractivity contribution in [3.05, 3.63) is 40.7 Å². The van der Waals surface area contributed by atoms with Crippen LogP contribution in [0.4, 0.5) is 16.2 Å². The number of halogens is 1. The molecule has 6 nitrogen and oxygen atoms in total. The zero-order valence-corrected chi connectivity index (χ0v) is 14.0. The number of aromatic nitrogens is 2. The Balaban J connectivity index is 1.58. The molecule has 1 fully saturated rings. The van der Waals surface area contributed by atoms with Gasteiger partial charge in [-0.1, -0.05) is 11.6 Å². The Morgan fingerprint density at radius 2 is 1.83 bits per heavy atom. The summed E-state index contributed by atoms with van der Waals surface area (Å²) in [6.45, 7) is 6.99. The van der Waals surface area contributed by atoms with Gasteiger partial charge in [-0.25, -0.2) is 4.79 Å². The van der Waals surface area contributed by atoms with Gasteiger partial charge in [0.05, 0.1) is 17.1 Å².